The highest BCUT2D eigenvalue weighted by Crippen LogP contribution is 2.33. The van der Waals surface area contributed by atoms with Crippen molar-refractivity contribution in [1.29, 1.82) is 0 Å². The van der Waals surface area contributed by atoms with Gasteiger partial charge in [-0.3, -0.25) is 14.4 Å². The van der Waals surface area contributed by atoms with Crippen molar-refractivity contribution in [3.05, 3.63) is 75.9 Å². The van der Waals surface area contributed by atoms with Crippen LogP contribution < -0.4 is 20.8 Å². The maximum Gasteiger partial charge on any atom is 0.251 e. The number of methoxy groups -OCH3 is 1. The molecule has 0 bridgehead atoms. The molecule has 186 valence electrons. The molecule has 0 fully saturated rings. The van der Waals surface area contributed by atoms with E-state index in [-0.39, 0.29) is 23.2 Å². The molecule has 3 N–H and O–H groups in total. The van der Waals surface area contributed by atoms with Crippen LogP contribution in [0.2, 0.25) is 0 Å². The van der Waals surface area contributed by atoms with Crippen LogP contribution in [0.5, 0.6) is 5.75 Å². The first-order chi connectivity index (χ1) is 16.6. The van der Waals surface area contributed by atoms with Gasteiger partial charge in [0.1, 0.15) is 17.9 Å². The molecular formula is C28H34N2O5. The summed E-state index contributed by atoms with van der Waals surface area (Å²) in [5, 5.41) is 16.8. The SMILES string of the molecule is COc1ccc(C(=O)NC(CC(C)C)C(=O)N[C@@H](C(C)C)[C@@H](O)c2c(-c3ccccc3)c2=O)cc1. The van der Waals surface area contributed by atoms with Crippen molar-refractivity contribution in [3.63, 3.8) is 0 Å². The highest BCUT2D eigenvalue weighted by molar-refractivity contribution is 5.97. The van der Waals surface area contributed by atoms with Crippen LogP contribution in [0.3, 0.4) is 0 Å². The smallest absolute Gasteiger partial charge is 0.251 e. The molecule has 3 aromatic rings. The molecule has 3 rings (SSSR count). The minimum atomic E-state index is -1.14. The topological polar surface area (TPSA) is 105 Å². The van der Waals surface area contributed by atoms with Crippen LogP contribution in [-0.2, 0) is 4.79 Å². The van der Waals surface area contributed by atoms with E-state index in [1.165, 1.54) is 0 Å². The molecule has 0 saturated carbocycles. The Labute approximate surface area is 206 Å². The molecule has 0 spiro atoms. The molecule has 0 heterocycles. The number of amides is 2. The van der Waals surface area contributed by atoms with E-state index in [4.69, 9.17) is 4.74 Å². The number of ether oxygens (including phenoxy) is 1. The number of carbonyl (C=O) groups excluding carboxylic acids is 2. The Hall–Kier alpha value is -3.45. The lowest BCUT2D eigenvalue weighted by atomic mass is 9.94. The van der Waals surface area contributed by atoms with E-state index in [1.807, 2.05) is 58.0 Å². The van der Waals surface area contributed by atoms with E-state index in [2.05, 4.69) is 10.6 Å². The van der Waals surface area contributed by atoms with Crippen LogP contribution in [0.4, 0.5) is 0 Å². The normalized spacial score (nSPS) is 14.1. The average molecular weight is 479 g/mol. The van der Waals surface area contributed by atoms with Gasteiger partial charge in [0.05, 0.1) is 13.2 Å². The van der Waals surface area contributed by atoms with Crippen molar-refractivity contribution in [2.75, 3.05) is 7.11 Å². The zero-order chi connectivity index (χ0) is 25.7. The van der Waals surface area contributed by atoms with Gasteiger partial charge in [-0.15, -0.1) is 0 Å². The van der Waals surface area contributed by atoms with Gasteiger partial charge in [0, 0.05) is 16.7 Å². The third kappa shape index (κ3) is 6.36. The third-order valence-corrected chi connectivity index (χ3v) is 6.09. The molecule has 0 saturated heterocycles. The number of nitrogens with one attached hydrogen (secondary N) is 2. The molecular weight excluding hydrogens is 444 g/mol. The molecule has 0 aliphatic heterocycles. The van der Waals surface area contributed by atoms with Crippen molar-refractivity contribution in [2.24, 2.45) is 11.8 Å². The number of rotatable bonds is 11. The molecule has 0 aromatic heterocycles. The molecule has 35 heavy (non-hydrogen) atoms. The van der Waals surface area contributed by atoms with Crippen LogP contribution in [-0.4, -0.2) is 36.1 Å². The lowest BCUT2D eigenvalue weighted by Gasteiger charge is -2.29. The fourth-order valence-electron chi connectivity index (χ4n) is 4.10. The predicted octanol–water partition coefficient (Wildman–Crippen LogP) is 3.62. The third-order valence-electron chi connectivity index (χ3n) is 6.09. The van der Waals surface area contributed by atoms with Crippen LogP contribution in [0.15, 0.2) is 59.4 Å². The minimum Gasteiger partial charge on any atom is -0.497 e. The van der Waals surface area contributed by atoms with Crippen molar-refractivity contribution in [1.82, 2.24) is 10.6 Å². The highest BCUT2D eigenvalue weighted by Gasteiger charge is 2.37. The van der Waals surface area contributed by atoms with Gasteiger partial charge in [-0.1, -0.05) is 58.0 Å². The van der Waals surface area contributed by atoms with Crippen LogP contribution in [0.1, 0.15) is 56.1 Å². The summed E-state index contributed by atoms with van der Waals surface area (Å²) >= 11 is 0. The molecule has 0 aliphatic carbocycles. The first-order valence-corrected chi connectivity index (χ1v) is 11.9. The number of hydrogen-bond acceptors (Lipinski definition) is 5. The summed E-state index contributed by atoms with van der Waals surface area (Å²) in [5.74, 6) is -0.147. The fraction of sp³-hybridized carbons (Fsp3) is 0.393. The zero-order valence-electron chi connectivity index (χ0n) is 20.9. The van der Waals surface area contributed by atoms with E-state index >= 15 is 0 Å². The van der Waals surface area contributed by atoms with Crippen molar-refractivity contribution in [2.45, 2.75) is 52.3 Å². The largest absolute Gasteiger partial charge is 0.497 e. The van der Waals surface area contributed by atoms with Crippen molar-refractivity contribution >= 4 is 11.8 Å². The molecule has 3 aromatic carbocycles. The summed E-state index contributed by atoms with van der Waals surface area (Å²) in [4.78, 5) is 38.6. The molecule has 3 atom stereocenters. The molecule has 2 amide bonds. The number of hydrogen-bond donors (Lipinski definition) is 3. The van der Waals surface area contributed by atoms with E-state index in [1.54, 1.807) is 31.4 Å². The second-order valence-corrected chi connectivity index (χ2v) is 9.59. The molecule has 1 unspecified atom stereocenters. The van der Waals surface area contributed by atoms with E-state index < -0.39 is 24.1 Å². The average Bonchev–Trinajstić information content (AvgIpc) is 3.52. The van der Waals surface area contributed by atoms with Gasteiger partial charge >= 0.3 is 0 Å². The van der Waals surface area contributed by atoms with Crippen LogP contribution in [0.25, 0.3) is 11.1 Å². The minimum absolute atomic E-state index is 0.141. The molecule has 0 aliphatic rings. The van der Waals surface area contributed by atoms with Gasteiger partial charge < -0.3 is 20.5 Å². The second kappa shape index (κ2) is 11.3. The monoisotopic (exact) mass is 478 g/mol. The maximum absolute atomic E-state index is 13.3. The quantitative estimate of drug-likeness (QED) is 0.391. The first-order valence-electron chi connectivity index (χ1n) is 11.9. The van der Waals surface area contributed by atoms with E-state index in [9.17, 15) is 19.5 Å². The standard InChI is InChI=1S/C28H34N2O5/c1-16(2)15-21(29-27(33)19-11-13-20(35-5)14-12-19)28(34)30-24(17(3)4)26(32)23-22(25(23)31)18-9-7-6-8-10-18/h6-14,16-17,21,24,26,32H,15H2,1-5H3,(H,29,33)(H,30,34)/t21?,24-,26-/m0/s1. The fourth-order valence-corrected chi connectivity index (χ4v) is 4.10. The maximum atomic E-state index is 13.3. The molecule has 7 heteroatoms. The number of aliphatic hydroxyl groups excluding tert-OH is 1. The van der Waals surface area contributed by atoms with Crippen molar-refractivity contribution < 1.29 is 19.4 Å². The summed E-state index contributed by atoms with van der Waals surface area (Å²) in [6.45, 7) is 7.68. The number of carbonyl (C=O) groups is 2. The molecule has 0 radical (unpaired) electrons. The number of benzene rings is 2. The summed E-state index contributed by atoms with van der Waals surface area (Å²) in [6.07, 6.45) is -0.718. The number of aliphatic hydroxyl groups is 1. The van der Waals surface area contributed by atoms with Gasteiger partial charge in [0.25, 0.3) is 5.91 Å². The summed E-state index contributed by atoms with van der Waals surface area (Å²) in [6, 6.07) is 14.3. The van der Waals surface area contributed by atoms with E-state index in [0.717, 1.165) is 5.56 Å². The predicted molar refractivity (Wildman–Crippen MR) is 136 cm³/mol. The Morgan fingerprint density at radius 2 is 1.57 bits per heavy atom. The summed E-state index contributed by atoms with van der Waals surface area (Å²) in [5.41, 5.74) is 1.82. The van der Waals surface area contributed by atoms with Gasteiger partial charge in [0.2, 0.25) is 5.91 Å². The van der Waals surface area contributed by atoms with Crippen molar-refractivity contribution in [3.8, 4) is 16.9 Å². The summed E-state index contributed by atoms with van der Waals surface area (Å²) < 4.78 is 5.13. The van der Waals surface area contributed by atoms with Gasteiger partial charge in [-0.2, -0.15) is 0 Å². The Balaban J connectivity index is 1.75. The van der Waals surface area contributed by atoms with Crippen LogP contribution in [0, 0.1) is 11.8 Å². The second-order valence-electron chi connectivity index (χ2n) is 9.59. The Kier molecular flexibility index (Phi) is 8.46. The van der Waals surface area contributed by atoms with Gasteiger partial charge in [0.15, 0.2) is 5.43 Å². The van der Waals surface area contributed by atoms with Crippen LogP contribution >= 0.6 is 0 Å². The van der Waals surface area contributed by atoms with E-state index in [0.29, 0.717) is 28.9 Å². The Bertz CT molecular complexity index is 1140. The first kappa shape index (κ1) is 26.2. The zero-order valence-corrected chi connectivity index (χ0v) is 20.9. The van der Waals surface area contributed by atoms with Gasteiger partial charge in [-0.05, 0) is 48.1 Å². The lowest BCUT2D eigenvalue weighted by molar-refractivity contribution is -0.125. The Morgan fingerprint density at radius 3 is 2.11 bits per heavy atom. The lowest BCUT2D eigenvalue weighted by Crippen LogP contribution is -2.52. The molecule has 7 nitrogen and oxygen atoms in total. The Morgan fingerprint density at radius 1 is 0.943 bits per heavy atom. The van der Waals surface area contributed by atoms with Gasteiger partial charge in [-0.25, -0.2) is 0 Å². The highest BCUT2D eigenvalue weighted by atomic mass is 16.5. The summed E-state index contributed by atoms with van der Waals surface area (Å²) in [7, 11) is 1.55.